The summed E-state index contributed by atoms with van der Waals surface area (Å²) in [5.41, 5.74) is 7.21. The Morgan fingerprint density at radius 2 is 1.37 bits per heavy atom. The number of carbonyl (C=O) groups is 2. The van der Waals surface area contributed by atoms with E-state index in [-0.39, 0.29) is 34.0 Å². The van der Waals surface area contributed by atoms with Crippen LogP contribution in [0.3, 0.4) is 0 Å². The summed E-state index contributed by atoms with van der Waals surface area (Å²) >= 11 is 0. The number of phenolic OH excluding ortho intramolecular Hbond substituents is 1. The lowest BCUT2D eigenvalue weighted by atomic mass is 9.60. The largest absolute Gasteiger partial charge is 0.508 e. The smallest absolute Gasteiger partial charge is 0.336 e. The molecule has 4 aromatic carbocycles. The molecule has 1 saturated heterocycles. The molecule has 3 N–H and O–H groups in total. The number of hydrogen-bond donors (Lipinski definition) is 3. The Labute approximate surface area is 443 Å². The van der Waals surface area contributed by atoms with E-state index in [4.69, 9.17) is 13.9 Å². The highest BCUT2D eigenvalue weighted by atomic mass is 16.5. The molecule has 5 atom stereocenters. The van der Waals surface area contributed by atoms with Gasteiger partial charge in [0.05, 0.1) is 18.8 Å². The molecule has 2 aliphatic heterocycles. The van der Waals surface area contributed by atoms with E-state index in [1.165, 1.54) is 131 Å². The second-order valence-electron chi connectivity index (χ2n) is 22.1. The fourth-order valence-corrected chi connectivity index (χ4v) is 12.6. The van der Waals surface area contributed by atoms with Gasteiger partial charge >= 0.3 is 5.97 Å². The van der Waals surface area contributed by atoms with Gasteiger partial charge in [-0.3, -0.25) is 9.59 Å². The second kappa shape index (κ2) is 25.4. The number of nitrogens with zero attached hydrogens (tertiary/aromatic N) is 1. The molecule has 5 unspecified atom stereocenters. The number of fused-ring (bicyclic) bond motifs is 4. The number of amides is 1. The first-order chi connectivity index (χ1) is 36.5. The van der Waals surface area contributed by atoms with E-state index < -0.39 is 5.97 Å². The molecule has 5 aliphatic rings. The highest BCUT2D eigenvalue weighted by molar-refractivity contribution is 6.09. The highest BCUT2D eigenvalue weighted by Crippen LogP contribution is 2.52. The van der Waals surface area contributed by atoms with Gasteiger partial charge in [0.1, 0.15) is 28.6 Å². The van der Waals surface area contributed by atoms with Gasteiger partial charge in [0.2, 0.25) is 0 Å². The number of carboxylic acid groups (broad SMARTS) is 1. The molecular formula is C65H78N2O8. The van der Waals surface area contributed by atoms with E-state index in [0.717, 1.165) is 74.4 Å². The van der Waals surface area contributed by atoms with E-state index in [1.807, 2.05) is 0 Å². The number of rotatable bonds is 22. The first-order valence-corrected chi connectivity index (χ1v) is 28.3. The summed E-state index contributed by atoms with van der Waals surface area (Å²) < 4.78 is 18.5. The zero-order valence-electron chi connectivity index (χ0n) is 44.5. The summed E-state index contributed by atoms with van der Waals surface area (Å²) in [4.78, 5) is 40.9. The summed E-state index contributed by atoms with van der Waals surface area (Å²) in [6.45, 7) is 12.8. The Kier molecular flexibility index (Phi) is 18.1. The summed E-state index contributed by atoms with van der Waals surface area (Å²) in [7, 11) is 0. The van der Waals surface area contributed by atoms with Gasteiger partial charge in [-0.05, 0) is 209 Å². The zero-order valence-corrected chi connectivity index (χ0v) is 44.5. The molecule has 4 aromatic rings. The first kappa shape index (κ1) is 53.4. The van der Waals surface area contributed by atoms with Crippen LogP contribution in [0.15, 0.2) is 118 Å². The number of ether oxygens (including phenoxy) is 2. The van der Waals surface area contributed by atoms with E-state index in [9.17, 15) is 24.6 Å². The number of likely N-dealkylation sites (tertiary alicyclic amines) is 1. The lowest BCUT2D eigenvalue weighted by Gasteiger charge is -2.45. The molecule has 0 radical (unpaired) electrons. The topological polar surface area (TPSA) is 139 Å². The third-order valence-electron chi connectivity index (χ3n) is 16.4. The number of hydrogen-bond acceptors (Lipinski definition) is 8. The molecule has 396 valence electrons. The molecule has 9 rings (SSSR count). The van der Waals surface area contributed by atoms with Gasteiger partial charge < -0.3 is 34.3 Å². The molecule has 2 bridgehead atoms. The maximum atomic E-state index is 13.3. The molecule has 1 amide bonds. The van der Waals surface area contributed by atoms with Crippen molar-refractivity contribution in [2.45, 2.75) is 124 Å². The Bertz CT molecular complexity index is 2940. The van der Waals surface area contributed by atoms with Crippen LogP contribution in [0.2, 0.25) is 0 Å². The van der Waals surface area contributed by atoms with Gasteiger partial charge in [-0.2, -0.15) is 0 Å². The number of aromatic carboxylic acids is 1. The predicted molar refractivity (Wildman–Crippen MR) is 300 cm³/mol. The van der Waals surface area contributed by atoms with Crippen LogP contribution in [-0.4, -0.2) is 66.4 Å². The molecular weight excluding hydrogens is 937 g/mol. The van der Waals surface area contributed by atoms with E-state index in [0.29, 0.717) is 52.6 Å². The summed E-state index contributed by atoms with van der Waals surface area (Å²) in [6, 6.07) is 31.2. The highest BCUT2D eigenvalue weighted by Gasteiger charge is 2.39. The Morgan fingerprint density at radius 1 is 0.693 bits per heavy atom. The van der Waals surface area contributed by atoms with Crippen LogP contribution in [0.25, 0.3) is 39.0 Å². The number of benzene rings is 5. The lowest BCUT2D eigenvalue weighted by Crippen LogP contribution is -2.33. The molecule has 2 saturated carbocycles. The first-order valence-electron chi connectivity index (χ1n) is 28.3. The van der Waals surface area contributed by atoms with Crippen LogP contribution in [0, 0.1) is 29.6 Å². The van der Waals surface area contributed by atoms with E-state index in [1.54, 1.807) is 29.8 Å². The number of unbranched alkanes of at least 4 members (excludes halogenated alkanes) is 6. The SMILES string of the molecule is CCC1CC2CC(C)CC(C2)/C1=C(\c1ccc(OCCCCCCNC(=O)c2ccc(-c3c4ccc(=O)cc-4oc4cc(O)ccc34)c(C(=O)O)c2)cc1)c1ccc(OCCCCCCN2CCCC(C)CC2)cc1. The van der Waals surface area contributed by atoms with Crippen LogP contribution in [0.5, 0.6) is 17.2 Å². The molecule has 10 heteroatoms. The average molecular weight is 1020 g/mol. The number of allylic oxidation sites excluding steroid dienone is 1. The fraction of sp³-hybridized carbons (Fsp3) is 0.462. The lowest BCUT2D eigenvalue weighted by molar-refractivity contribution is 0.0697. The quantitative estimate of drug-likeness (QED) is 0.0448. The third kappa shape index (κ3) is 13.5. The van der Waals surface area contributed by atoms with Crippen LogP contribution < -0.4 is 20.2 Å². The summed E-state index contributed by atoms with van der Waals surface area (Å²) in [5, 5.41) is 24.0. The summed E-state index contributed by atoms with van der Waals surface area (Å²) in [5.74, 6) is 4.14. The van der Waals surface area contributed by atoms with Crippen molar-refractivity contribution in [3.05, 3.63) is 141 Å². The number of aromatic hydroxyl groups is 1. The van der Waals surface area contributed by atoms with Crippen molar-refractivity contribution >= 4 is 28.4 Å². The Hall–Kier alpha value is -6.39. The van der Waals surface area contributed by atoms with Crippen molar-refractivity contribution in [3.8, 4) is 39.7 Å². The maximum Gasteiger partial charge on any atom is 0.336 e. The minimum Gasteiger partial charge on any atom is -0.508 e. The monoisotopic (exact) mass is 1010 g/mol. The van der Waals surface area contributed by atoms with Gasteiger partial charge in [-0.1, -0.05) is 82.4 Å². The van der Waals surface area contributed by atoms with Gasteiger partial charge in [-0.25, -0.2) is 4.79 Å². The molecule has 0 aromatic heterocycles. The molecule has 2 heterocycles. The molecule has 0 spiro atoms. The fourth-order valence-electron chi connectivity index (χ4n) is 12.6. The van der Waals surface area contributed by atoms with E-state index in [2.05, 4.69) is 79.5 Å². The number of carboxylic acids is 1. The number of nitrogens with one attached hydrogen (secondary N) is 1. The van der Waals surface area contributed by atoms with Gasteiger partial charge in [-0.15, -0.1) is 0 Å². The molecule has 10 nitrogen and oxygen atoms in total. The minimum atomic E-state index is -1.20. The average Bonchev–Trinajstić information content (AvgIpc) is 3.62. The molecule has 3 aliphatic carbocycles. The van der Waals surface area contributed by atoms with E-state index >= 15 is 0 Å². The van der Waals surface area contributed by atoms with Crippen molar-refractivity contribution in [2.75, 3.05) is 39.4 Å². The van der Waals surface area contributed by atoms with Gasteiger partial charge in [0.25, 0.3) is 5.91 Å². The van der Waals surface area contributed by atoms with Crippen LogP contribution in [0.1, 0.15) is 155 Å². The third-order valence-corrected chi connectivity index (χ3v) is 16.4. The van der Waals surface area contributed by atoms with Crippen LogP contribution in [0.4, 0.5) is 0 Å². The summed E-state index contributed by atoms with van der Waals surface area (Å²) in [6.07, 6.45) is 18.8. The molecule has 3 fully saturated rings. The Morgan fingerprint density at radius 3 is 2.08 bits per heavy atom. The number of phenols is 1. The maximum absolute atomic E-state index is 13.3. The Balaban J connectivity index is 0.761. The van der Waals surface area contributed by atoms with Crippen molar-refractivity contribution in [1.29, 1.82) is 0 Å². The second-order valence-corrected chi connectivity index (χ2v) is 22.1. The molecule has 75 heavy (non-hydrogen) atoms. The zero-order chi connectivity index (χ0) is 52.3. The predicted octanol–water partition coefficient (Wildman–Crippen LogP) is 14.7. The van der Waals surface area contributed by atoms with Crippen molar-refractivity contribution < 1.29 is 33.7 Å². The van der Waals surface area contributed by atoms with Gasteiger partial charge in [0.15, 0.2) is 5.43 Å². The van der Waals surface area contributed by atoms with Crippen LogP contribution in [-0.2, 0) is 0 Å². The normalized spacial score (nSPS) is 20.7. The minimum absolute atomic E-state index is 0.0317. The van der Waals surface area contributed by atoms with Crippen molar-refractivity contribution in [3.63, 3.8) is 0 Å². The van der Waals surface area contributed by atoms with Crippen LogP contribution >= 0.6 is 0 Å². The standard InChI is InChI=1S/C65H78N2O8/c1-4-46-38-45-36-44(3)37-50(39-45)61(46)62(48-17-24-54(25-18-48)74-35-12-8-6-10-31-67-32-13-14-43(2)29-33-67)47-15-22-53(23-16-47)73-34-11-7-5-9-30-66-64(70)49-19-26-55(58(40-49)65(71)72)63-56-27-20-51(68)41-59(56)75-60-42-52(69)21-28-57(60)63/h15-28,40-46,50,68H,4-14,29-39H2,1-3H3,(H,66,70)(H,71,72)/b62-61+. The van der Waals surface area contributed by atoms with Crippen molar-refractivity contribution in [1.82, 2.24) is 10.2 Å². The van der Waals surface area contributed by atoms with Crippen molar-refractivity contribution in [2.24, 2.45) is 29.6 Å². The van der Waals surface area contributed by atoms with Gasteiger partial charge in [0, 0.05) is 40.8 Å². The number of carbonyl (C=O) groups excluding carboxylic acids is 1.